The van der Waals surface area contributed by atoms with Gasteiger partial charge in [-0.25, -0.2) is 9.07 Å². The average Bonchev–Trinajstić information content (AvgIpc) is 2.72. The van der Waals surface area contributed by atoms with Crippen LogP contribution in [0, 0.1) is 19.7 Å². The van der Waals surface area contributed by atoms with Crippen LogP contribution >= 0.6 is 11.6 Å². The zero-order valence-electron chi connectivity index (χ0n) is 12.9. The summed E-state index contributed by atoms with van der Waals surface area (Å²) in [6.45, 7) is 8.63. The van der Waals surface area contributed by atoms with Crippen LogP contribution in [-0.4, -0.2) is 16.3 Å². The van der Waals surface area contributed by atoms with Crippen molar-refractivity contribution in [2.45, 2.75) is 40.2 Å². The van der Waals surface area contributed by atoms with E-state index in [1.165, 1.54) is 6.07 Å². The summed E-state index contributed by atoms with van der Waals surface area (Å²) in [5, 5.41) is 8.39. The third-order valence-electron chi connectivity index (χ3n) is 3.59. The lowest BCUT2D eigenvalue weighted by atomic mass is 10.0. The predicted molar refractivity (Wildman–Crippen MR) is 84.7 cm³/mol. The van der Waals surface area contributed by atoms with Gasteiger partial charge in [-0.3, -0.25) is 0 Å². The van der Waals surface area contributed by atoms with Gasteiger partial charge in [-0.15, -0.1) is 0 Å². The molecule has 3 nitrogen and oxygen atoms in total. The van der Waals surface area contributed by atoms with Crippen LogP contribution in [0.4, 0.5) is 4.39 Å². The van der Waals surface area contributed by atoms with Gasteiger partial charge < -0.3 is 5.32 Å². The highest BCUT2D eigenvalue weighted by atomic mass is 35.5. The minimum atomic E-state index is -0.229. The fourth-order valence-corrected chi connectivity index (χ4v) is 2.58. The maximum atomic E-state index is 14.3. The Kier molecular flexibility index (Phi) is 5.01. The van der Waals surface area contributed by atoms with Crippen molar-refractivity contribution in [1.29, 1.82) is 0 Å². The van der Waals surface area contributed by atoms with E-state index in [1.54, 1.807) is 10.7 Å². The van der Waals surface area contributed by atoms with Crippen LogP contribution in [-0.2, 0) is 0 Å². The molecule has 0 amide bonds. The minimum Gasteiger partial charge on any atom is -0.310 e. The summed E-state index contributed by atoms with van der Waals surface area (Å²) >= 11 is 6.21. The lowest BCUT2D eigenvalue weighted by Crippen LogP contribution is -2.22. The molecule has 2 rings (SSSR count). The standard InChI is InChI=1S/C16H21ClFN3/c1-5-9-19-10(2)15-13(18)7-6-8-14(15)21-12(4)16(17)11(3)20-21/h6-8,10,19H,5,9H2,1-4H3. The third kappa shape index (κ3) is 3.11. The van der Waals surface area contributed by atoms with Crippen molar-refractivity contribution in [3.8, 4) is 5.69 Å². The Morgan fingerprint density at radius 2 is 2.10 bits per heavy atom. The summed E-state index contributed by atoms with van der Waals surface area (Å²) in [5.41, 5.74) is 2.93. The van der Waals surface area contributed by atoms with Gasteiger partial charge in [0.15, 0.2) is 0 Å². The first-order valence-electron chi connectivity index (χ1n) is 7.21. The van der Waals surface area contributed by atoms with Crippen LogP contribution < -0.4 is 5.32 Å². The van der Waals surface area contributed by atoms with Crippen LogP contribution in [0.25, 0.3) is 5.69 Å². The summed E-state index contributed by atoms with van der Waals surface area (Å²) in [5.74, 6) is -0.229. The molecule has 5 heteroatoms. The van der Waals surface area contributed by atoms with Crippen molar-refractivity contribution in [1.82, 2.24) is 15.1 Å². The Bertz CT molecular complexity index is 637. The molecule has 0 aliphatic heterocycles. The Balaban J connectivity index is 2.53. The predicted octanol–water partition coefficient (Wildman–Crippen LogP) is 4.34. The summed E-state index contributed by atoms with van der Waals surface area (Å²) in [4.78, 5) is 0. The molecule has 0 aliphatic carbocycles. The number of benzene rings is 1. The van der Waals surface area contributed by atoms with E-state index < -0.39 is 0 Å². The van der Waals surface area contributed by atoms with Crippen LogP contribution in [0.3, 0.4) is 0 Å². The molecule has 0 fully saturated rings. The quantitative estimate of drug-likeness (QED) is 0.890. The molecule has 0 saturated heterocycles. The molecule has 1 aromatic heterocycles. The molecule has 1 heterocycles. The lowest BCUT2D eigenvalue weighted by Gasteiger charge is -2.19. The van der Waals surface area contributed by atoms with Crippen molar-refractivity contribution in [2.75, 3.05) is 6.54 Å². The molecule has 1 N–H and O–H groups in total. The highest BCUT2D eigenvalue weighted by Crippen LogP contribution is 2.28. The highest BCUT2D eigenvalue weighted by Gasteiger charge is 2.19. The molecule has 1 aromatic carbocycles. The van der Waals surface area contributed by atoms with Crippen LogP contribution in [0.5, 0.6) is 0 Å². The molecule has 1 atom stereocenters. The van der Waals surface area contributed by atoms with Gasteiger partial charge in [0.05, 0.1) is 22.1 Å². The summed E-state index contributed by atoms with van der Waals surface area (Å²) in [6.07, 6.45) is 1.000. The lowest BCUT2D eigenvalue weighted by molar-refractivity contribution is 0.523. The number of hydrogen-bond donors (Lipinski definition) is 1. The zero-order chi connectivity index (χ0) is 15.6. The van der Waals surface area contributed by atoms with Gasteiger partial charge in [0.2, 0.25) is 0 Å². The van der Waals surface area contributed by atoms with E-state index in [4.69, 9.17) is 11.6 Å². The molecule has 1 unspecified atom stereocenters. The van der Waals surface area contributed by atoms with E-state index >= 15 is 0 Å². The van der Waals surface area contributed by atoms with Gasteiger partial charge in [-0.1, -0.05) is 24.6 Å². The number of aromatic nitrogens is 2. The van der Waals surface area contributed by atoms with Crippen molar-refractivity contribution in [2.24, 2.45) is 0 Å². The molecule has 0 radical (unpaired) electrons. The molecule has 0 aliphatic rings. The number of nitrogens with zero attached hydrogens (tertiary/aromatic N) is 2. The van der Waals surface area contributed by atoms with E-state index in [1.807, 2.05) is 26.8 Å². The van der Waals surface area contributed by atoms with Crippen LogP contribution in [0.2, 0.25) is 5.02 Å². The monoisotopic (exact) mass is 309 g/mol. The second-order valence-corrected chi connectivity index (χ2v) is 5.62. The smallest absolute Gasteiger partial charge is 0.130 e. The second-order valence-electron chi connectivity index (χ2n) is 5.25. The molecular formula is C16H21ClFN3. The highest BCUT2D eigenvalue weighted by molar-refractivity contribution is 6.31. The van der Waals surface area contributed by atoms with Gasteiger partial charge >= 0.3 is 0 Å². The normalized spacial score (nSPS) is 12.7. The molecule has 114 valence electrons. The SMILES string of the molecule is CCCNC(C)c1c(F)cccc1-n1nc(C)c(Cl)c1C. The zero-order valence-corrected chi connectivity index (χ0v) is 13.6. The molecule has 0 bridgehead atoms. The van der Waals surface area contributed by atoms with Crippen LogP contribution in [0.1, 0.15) is 43.3 Å². The molecule has 0 spiro atoms. The van der Waals surface area contributed by atoms with Crippen molar-refractivity contribution in [3.63, 3.8) is 0 Å². The number of rotatable bonds is 5. The van der Waals surface area contributed by atoms with Gasteiger partial charge in [0.25, 0.3) is 0 Å². The number of aryl methyl sites for hydroxylation is 1. The van der Waals surface area contributed by atoms with Gasteiger partial charge in [-0.2, -0.15) is 5.10 Å². The maximum absolute atomic E-state index is 14.3. The average molecular weight is 310 g/mol. The van der Waals surface area contributed by atoms with E-state index in [-0.39, 0.29) is 11.9 Å². The van der Waals surface area contributed by atoms with E-state index in [9.17, 15) is 4.39 Å². The Labute approximate surface area is 130 Å². The first kappa shape index (κ1) is 16.0. The van der Waals surface area contributed by atoms with E-state index in [0.29, 0.717) is 10.6 Å². The number of nitrogens with one attached hydrogen (secondary N) is 1. The Hall–Kier alpha value is -1.39. The van der Waals surface area contributed by atoms with E-state index in [2.05, 4.69) is 17.3 Å². The van der Waals surface area contributed by atoms with Crippen LogP contribution in [0.15, 0.2) is 18.2 Å². The van der Waals surface area contributed by atoms with Crippen molar-refractivity contribution in [3.05, 3.63) is 46.0 Å². The van der Waals surface area contributed by atoms with Crippen molar-refractivity contribution >= 4 is 11.6 Å². The third-order valence-corrected chi connectivity index (χ3v) is 4.14. The largest absolute Gasteiger partial charge is 0.310 e. The molecule has 0 saturated carbocycles. The maximum Gasteiger partial charge on any atom is 0.130 e. The fourth-order valence-electron chi connectivity index (χ4n) is 2.46. The number of halogens is 2. The molecule has 2 aromatic rings. The van der Waals surface area contributed by atoms with Crippen molar-refractivity contribution < 1.29 is 4.39 Å². The Morgan fingerprint density at radius 1 is 1.38 bits per heavy atom. The topological polar surface area (TPSA) is 29.9 Å². The first-order chi connectivity index (χ1) is 9.97. The molecule has 21 heavy (non-hydrogen) atoms. The number of hydrogen-bond acceptors (Lipinski definition) is 2. The molecular weight excluding hydrogens is 289 g/mol. The van der Waals surface area contributed by atoms with Gasteiger partial charge in [0.1, 0.15) is 5.82 Å². The second kappa shape index (κ2) is 6.58. The van der Waals surface area contributed by atoms with E-state index in [0.717, 1.165) is 30.0 Å². The minimum absolute atomic E-state index is 0.0937. The van der Waals surface area contributed by atoms with Gasteiger partial charge in [0, 0.05) is 11.6 Å². The van der Waals surface area contributed by atoms with Gasteiger partial charge in [-0.05, 0) is 45.9 Å². The Morgan fingerprint density at radius 3 is 2.67 bits per heavy atom. The summed E-state index contributed by atoms with van der Waals surface area (Å²) in [6, 6.07) is 4.96. The summed E-state index contributed by atoms with van der Waals surface area (Å²) in [7, 11) is 0. The first-order valence-corrected chi connectivity index (χ1v) is 7.59. The fraction of sp³-hybridized carbons (Fsp3) is 0.438. The summed E-state index contributed by atoms with van der Waals surface area (Å²) < 4.78 is 16.1.